The summed E-state index contributed by atoms with van der Waals surface area (Å²) in [5.41, 5.74) is 8.23. The summed E-state index contributed by atoms with van der Waals surface area (Å²) in [6.45, 7) is 3.63. The lowest BCUT2D eigenvalue weighted by Gasteiger charge is -2.25. The van der Waals surface area contributed by atoms with Crippen LogP contribution in [0.4, 0.5) is 0 Å². The van der Waals surface area contributed by atoms with Gasteiger partial charge in [-0.3, -0.25) is 0 Å². The fourth-order valence-electron chi connectivity index (χ4n) is 3.95. The van der Waals surface area contributed by atoms with E-state index in [1.807, 2.05) is 25.1 Å². The molecule has 0 fully saturated rings. The predicted octanol–water partition coefficient (Wildman–Crippen LogP) is 5.84. The van der Waals surface area contributed by atoms with Gasteiger partial charge in [0, 0.05) is 27.1 Å². The Labute approximate surface area is 197 Å². The van der Waals surface area contributed by atoms with E-state index in [0.717, 1.165) is 9.86 Å². The number of furan rings is 2. The Kier molecular flexibility index (Phi) is 4.99. The maximum Gasteiger partial charge on any atom is 0.379 e. The highest BCUT2D eigenvalue weighted by Crippen LogP contribution is 2.44. The van der Waals surface area contributed by atoms with Crippen molar-refractivity contribution in [2.75, 3.05) is 0 Å². The van der Waals surface area contributed by atoms with Crippen LogP contribution in [-0.2, 0) is 0 Å². The molecule has 1 aliphatic rings. The van der Waals surface area contributed by atoms with Crippen molar-refractivity contribution in [1.29, 1.82) is 5.26 Å². The molecule has 1 unspecified atom stereocenters. The number of carbonyl (C=O) groups is 1. The third kappa shape index (κ3) is 3.56. The number of fused-ring (bicyclic) bond motifs is 2. The van der Waals surface area contributed by atoms with Crippen LogP contribution in [0.3, 0.4) is 0 Å². The summed E-state index contributed by atoms with van der Waals surface area (Å²) in [7, 11) is 0. The zero-order chi connectivity index (χ0) is 23.3. The van der Waals surface area contributed by atoms with Gasteiger partial charge in [0.05, 0.1) is 5.92 Å². The van der Waals surface area contributed by atoms with Crippen LogP contribution in [0.5, 0.6) is 11.5 Å². The first-order valence-corrected chi connectivity index (χ1v) is 10.8. The molecule has 4 aromatic rings. The SMILES string of the molecule is Cc1ccc(C2C(C#N)=C(N)Oc3cc(OC(=O)c4oc5cc(Br)ccc5c4C)ccc32)o1. The molecule has 33 heavy (non-hydrogen) atoms. The first-order chi connectivity index (χ1) is 15.9. The zero-order valence-corrected chi connectivity index (χ0v) is 19.2. The monoisotopic (exact) mass is 504 g/mol. The minimum absolute atomic E-state index is 0.0220. The second-order valence-electron chi connectivity index (χ2n) is 7.66. The Bertz CT molecular complexity index is 1510. The Morgan fingerprint density at radius 2 is 1.94 bits per heavy atom. The molecular formula is C25H17BrN2O5. The van der Waals surface area contributed by atoms with E-state index < -0.39 is 11.9 Å². The Morgan fingerprint density at radius 1 is 1.12 bits per heavy atom. The Morgan fingerprint density at radius 3 is 2.67 bits per heavy atom. The van der Waals surface area contributed by atoms with Crippen molar-refractivity contribution >= 4 is 32.9 Å². The molecule has 5 rings (SSSR count). The summed E-state index contributed by atoms with van der Waals surface area (Å²) in [6.07, 6.45) is 0. The summed E-state index contributed by atoms with van der Waals surface area (Å²) < 4.78 is 23.6. The molecule has 0 saturated heterocycles. The minimum Gasteiger partial charge on any atom is -0.465 e. The molecule has 2 aromatic carbocycles. The molecule has 1 aliphatic heterocycles. The number of halogens is 1. The average molecular weight is 505 g/mol. The number of allylic oxidation sites excluding steroid dienone is 1. The number of benzene rings is 2. The molecule has 164 valence electrons. The molecule has 0 saturated carbocycles. The normalized spacial score (nSPS) is 15.2. The largest absolute Gasteiger partial charge is 0.465 e. The maximum atomic E-state index is 12.8. The van der Waals surface area contributed by atoms with Crippen molar-refractivity contribution in [3.63, 3.8) is 0 Å². The van der Waals surface area contributed by atoms with Crippen molar-refractivity contribution in [3.05, 3.63) is 92.9 Å². The van der Waals surface area contributed by atoms with E-state index in [-0.39, 0.29) is 23.0 Å². The van der Waals surface area contributed by atoms with Crippen LogP contribution in [0.1, 0.15) is 39.1 Å². The van der Waals surface area contributed by atoms with Crippen LogP contribution in [0.25, 0.3) is 11.0 Å². The Balaban J connectivity index is 1.49. The van der Waals surface area contributed by atoms with E-state index in [1.54, 1.807) is 37.3 Å². The number of nitrogens with zero attached hydrogens (tertiary/aromatic N) is 1. The molecule has 0 bridgehead atoms. The highest BCUT2D eigenvalue weighted by Gasteiger charge is 2.33. The van der Waals surface area contributed by atoms with Crippen LogP contribution in [0, 0.1) is 25.2 Å². The first-order valence-electron chi connectivity index (χ1n) is 10.0. The van der Waals surface area contributed by atoms with Gasteiger partial charge < -0.3 is 24.0 Å². The van der Waals surface area contributed by atoms with Crippen LogP contribution >= 0.6 is 15.9 Å². The number of nitriles is 1. The number of aryl methyl sites for hydroxylation is 2. The van der Waals surface area contributed by atoms with Crippen LogP contribution < -0.4 is 15.2 Å². The van der Waals surface area contributed by atoms with Crippen LogP contribution in [-0.4, -0.2) is 5.97 Å². The Hall–Kier alpha value is -3.96. The highest BCUT2D eigenvalue weighted by molar-refractivity contribution is 9.10. The van der Waals surface area contributed by atoms with Gasteiger partial charge in [0.1, 0.15) is 40.2 Å². The number of carbonyl (C=O) groups excluding carboxylic acids is 1. The van der Waals surface area contributed by atoms with Crippen LogP contribution in [0.2, 0.25) is 0 Å². The summed E-state index contributed by atoms with van der Waals surface area (Å²) in [6, 6.07) is 16.2. The van der Waals surface area contributed by atoms with Gasteiger partial charge in [-0.2, -0.15) is 5.26 Å². The molecule has 2 aromatic heterocycles. The zero-order valence-electron chi connectivity index (χ0n) is 17.6. The molecular weight excluding hydrogens is 488 g/mol. The van der Waals surface area contributed by atoms with Gasteiger partial charge in [0.25, 0.3) is 0 Å². The molecule has 1 atom stereocenters. The van der Waals surface area contributed by atoms with Gasteiger partial charge >= 0.3 is 5.97 Å². The molecule has 8 heteroatoms. The average Bonchev–Trinajstić information content (AvgIpc) is 3.35. The highest BCUT2D eigenvalue weighted by atomic mass is 79.9. The van der Waals surface area contributed by atoms with Gasteiger partial charge in [-0.25, -0.2) is 4.79 Å². The molecule has 0 aliphatic carbocycles. The van der Waals surface area contributed by atoms with E-state index in [2.05, 4.69) is 22.0 Å². The molecule has 2 N–H and O–H groups in total. The standard InChI is InChI=1S/C25H17BrN2O5/c1-12-3-8-19(30-12)22-17-7-5-15(10-21(17)33-24(28)18(22)11-27)31-25(29)23-13(2)16-6-4-14(26)9-20(16)32-23/h3-10,22H,28H2,1-2H3. The van der Waals surface area contributed by atoms with Gasteiger partial charge in [0.2, 0.25) is 11.6 Å². The van der Waals surface area contributed by atoms with Crippen molar-refractivity contribution in [2.24, 2.45) is 5.73 Å². The van der Waals surface area contributed by atoms with Gasteiger partial charge in [-0.1, -0.05) is 22.0 Å². The lowest BCUT2D eigenvalue weighted by Crippen LogP contribution is -2.21. The minimum atomic E-state index is -0.630. The maximum absolute atomic E-state index is 12.8. The second kappa shape index (κ2) is 7.87. The van der Waals surface area contributed by atoms with Crippen molar-refractivity contribution < 1.29 is 23.1 Å². The van der Waals surface area contributed by atoms with E-state index in [1.165, 1.54) is 0 Å². The molecule has 0 radical (unpaired) electrons. The van der Waals surface area contributed by atoms with E-state index >= 15 is 0 Å². The van der Waals surface area contributed by atoms with Crippen molar-refractivity contribution in [3.8, 4) is 17.6 Å². The number of hydrogen-bond acceptors (Lipinski definition) is 7. The van der Waals surface area contributed by atoms with Crippen molar-refractivity contribution in [1.82, 2.24) is 0 Å². The molecule has 0 spiro atoms. The van der Waals surface area contributed by atoms with Crippen LogP contribution in [0.15, 0.2) is 73.3 Å². The first kappa shape index (κ1) is 20.9. The molecule has 7 nitrogen and oxygen atoms in total. The fourth-order valence-corrected chi connectivity index (χ4v) is 4.29. The molecule has 0 amide bonds. The summed E-state index contributed by atoms with van der Waals surface area (Å²) in [4.78, 5) is 12.8. The van der Waals surface area contributed by atoms with E-state index in [4.69, 9.17) is 24.0 Å². The quantitative estimate of drug-likeness (QED) is 0.275. The number of ether oxygens (including phenoxy) is 2. The van der Waals surface area contributed by atoms with Gasteiger partial charge in [-0.05, 0) is 50.2 Å². The number of nitrogens with two attached hydrogens (primary N) is 1. The third-order valence-electron chi connectivity index (χ3n) is 5.53. The van der Waals surface area contributed by atoms with Gasteiger partial charge in [0.15, 0.2) is 0 Å². The lowest BCUT2D eigenvalue weighted by atomic mass is 9.87. The topological polar surface area (TPSA) is 112 Å². The molecule has 3 heterocycles. The summed E-state index contributed by atoms with van der Waals surface area (Å²) >= 11 is 3.40. The fraction of sp³-hybridized carbons (Fsp3) is 0.120. The van der Waals surface area contributed by atoms with Crippen molar-refractivity contribution in [2.45, 2.75) is 19.8 Å². The number of esters is 1. The van der Waals surface area contributed by atoms with Gasteiger partial charge in [-0.15, -0.1) is 0 Å². The van der Waals surface area contributed by atoms with E-state index in [9.17, 15) is 10.1 Å². The third-order valence-corrected chi connectivity index (χ3v) is 6.03. The number of hydrogen-bond donors (Lipinski definition) is 1. The smallest absolute Gasteiger partial charge is 0.379 e. The summed E-state index contributed by atoms with van der Waals surface area (Å²) in [5.74, 6) is 0.868. The number of rotatable bonds is 3. The predicted molar refractivity (Wildman–Crippen MR) is 123 cm³/mol. The van der Waals surface area contributed by atoms with E-state index in [0.29, 0.717) is 34.0 Å². The second-order valence-corrected chi connectivity index (χ2v) is 8.57. The lowest BCUT2D eigenvalue weighted by molar-refractivity contribution is 0.0702. The summed E-state index contributed by atoms with van der Waals surface area (Å²) in [5, 5.41) is 10.5.